The van der Waals surface area contributed by atoms with Crippen LogP contribution >= 0.6 is 0 Å². The first kappa shape index (κ1) is 13.2. The second-order valence-corrected chi connectivity index (χ2v) is 4.98. The Morgan fingerprint density at radius 3 is 2.47 bits per heavy atom. The number of rotatable bonds is 3. The van der Waals surface area contributed by atoms with E-state index in [1.165, 1.54) is 0 Å². The molecule has 0 aliphatic rings. The van der Waals surface area contributed by atoms with Gasteiger partial charge in [-0.3, -0.25) is 9.59 Å². The second kappa shape index (κ2) is 4.99. The number of hydrogen-bond donors (Lipinski definition) is 2. The zero-order valence-corrected chi connectivity index (χ0v) is 10.3. The van der Waals surface area contributed by atoms with Crippen molar-refractivity contribution >= 4 is 17.6 Å². The molecule has 0 atom stereocenters. The van der Waals surface area contributed by atoms with Crippen LogP contribution in [0.15, 0.2) is 24.3 Å². The summed E-state index contributed by atoms with van der Waals surface area (Å²) >= 11 is 0. The van der Waals surface area contributed by atoms with Gasteiger partial charge in [-0.2, -0.15) is 0 Å². The quantitative estimate of drug-likeness (QED) is 0.844. The van der Waals surface area contributed by atoms with Gasteiger partial charge in [0, 0.05) is 11.1 Å². The van der Waals surface area contributed by atoms with Gasteiger partial charge in [-0.05, 0) is 17.7 Å². The Morgan fingerprint density at radius 2 is 1.94 bits per heavy atom. The highest BCUT2D eigenvalue weighted by Crippen LogP contribution is 2.18. The monoisotopic (exact) mass is 235 g/mol. The van der Waals surface area contributed by atoms with E-state index in [1.807, 2.05) is 20.8 Å². The van der Waals surface area contributed by atoms with E-state index in [-0.39, 0.29) is 12.3 Å². The van der Waals surface area contributed by atoms with Crippen molar-refractivity contribution in [1.82, 2.24) is 0 Å². The fourth-order valence-electron chi connectivity index (χ4n) is 1.25. The number of amides is 1. The minimum atomic E-state index is -0.885. The molecule has 92 valence electrons. The molecule has 2 N–H and O–H groups in total. The van der Waals surface area contributed by atoms with Crippen molar-refractivity contribution in [2.75, 3.05) is 5.32 Å². The molecule has 0 saturated carbocycles. The Hall–Kier alpha value is -1.84. The molecule has 0 radical (unpaired) electrons. The number of benzene rings is 1. The predicted molar refractivity (Wildman–Crippen MR) is 65.9 cm³/mol. The highest BCUT2D eigenvalue weighted by Gasteiger charge is 2.21. The van der Waals surface area contributed by atoms with Gasteiger partial charge in [0.25, 0.3) is 0 Å². The number of carbonyl (C=O) groups excluding carboxylic acids is 1. The standard InChI is InChI=1S/C13H17NO3/c1-13(2,3)12(17)14-10-6-4-5-9(7-10)8-11(15)16/h4-7H,8H2,1-3H3,(H,14,17)(H,15,16). The number of nitrogens with one attached hydrogen (secondary N) is 1. The first-order chi connectivity index (χ1) is 7.79. The van der Waals surface area contributed by atoms with Crippen molar-refractivity contribution in [3.8, 4) is 0 Å². The molecule has 17 heavy (non-hydrogen) atoms. The third-order valence-corrected chi connectivity index (χ3v) is 2.22. The first-order valence-electron chi connectivity index (χ1n) is 5.41. The Morgan fingerprint density at radius 1 is 1.29 bits per heavy atom. The maximum absolute atomic E-state index is 11.7. The van der Waals surface area contributed by atoms with Crippen LogP contribution in [0.2, 0.25) is 0 Å². The van der Waals surface area contributed by atoms with E-state index in [0.29, 0.717) is 11.3 Å². The zero-order valence-electron chi connectivity index (χ0n) is 10.3. The number of aliphatic carboxylic acids is 1. The minimum absolute atomic E-state index is 0.0424. The molecule has 0 aliphatic heterocycles. The molecule has 1 amide bonds. The molecule has 0 aromatic heterocycles. The van der Waals surface area contributed by atoms with Gasteiger partial charge in [0.2, 0.25) is 5.91 Å². The molecule has 0 unspecified atom stereocenters. The minimum Gasteiger partial charge on any atom is -0.481 e. The molecule has 0 bridgehead atoms. The third kappa shape index (κ3) is 4.26. The van der Waals surface area contributed by atoms with Gasteiger partial charge in [-0.1, -0.05) is 32.9 Å². The zero-order chi connectivity index (χ0) is 13.1. The van der Waals surface area contributed by atoms with Crippen molar-refractivity contribution in [3.63, 3.8) is 0 Å². The lowest BCUT2D eigenvalue weighted by Gasteiger charge is -2.17. The maximum atomic E-state index is 11.7. The molecule has 0 heterocycles. The third-order valence-electron chi connectivity index (χ3n) is 2.22. The van der Waals surface area contributed by atoms with Crippen LogP contribution in [0.3, 0.4) is 0 Å². The summed E-state index contributed by atoms with van der Waals surface area (Å²) in [7, 11) is 0. The summed E-state index contributed by atoms with van der Waals surface area (Å²) < 4.78 is 0. The molecule has 0 fully saturated rings. The fraction of sp³-hybridized carbons (Fsp3) is 0.385. The highest BCUT2D eigenvalue weighted by atomic mass is 16.4. The fourth-order valence-corrected chi connectivity index (χ4v) is 1.25. The van der Waals surface area contributed by atoms with E-state index >= 15 is 0 Å². The van der Waals surface area contributed by atoms with Gasteiger partial charge >= 0.3 is 5.97 Å². The van der Waals surface area contributed by atoms with Crippen molar-refractivity contribution in [3.05, 3.63) is 29.8 Å². The van der Waals surface area contributed by atoms with E-state index in [2.05, 4.69) is 5.32 Å². The van der Waals surface area contributed by atoms with E-state index < -0.39 is 11.4 Å². The summed E-state index contributed by atoms with van der Waals surface area (Å²) in [5.41, 5.74) is 0.830. The molecule has 0 saturated heterocycles. The molecular weight excluding hydrogens is 218 g/mol. The van der Waals surface area contributed by atoms with Gasteiger partial charge < -0.3 is 10.4 Å². The molecule has 4 nitrogen and oxygen atoms in total. The van der Waals surface area contributed by atoms with Crippen molar-refractivity contribution in [2.24, 2.45) is 5.41 Å². The predicted octanol–water partition coefficient (Wildman–Crippen LogP) is 2.30. The number of anilines is 1. The maximum Gasteiger partial charge on any atom is 0.307 e. The van der Waals surface area contributed by atoms with Gasteiger partial charge in [-0.25, -0.2) is 0 Å². The molecule has 4 heteroatoms. The summed E-state index contributed by atoms with van der Waals surface area (Å²) in [6.07, 6.45) is -0.0424. The van der Waals surface area contributed by atoms with Gasteiger partial charge in [0.1, 0.15) is 0 Å². The van der Waals surface area contributed by atoms with Gasteiger partial charge in [-0.15, -0.1) is 0 Å². The van der Waals surface area contributed by atoms with Crippen LogP contribution in [0.4, 0.5) is 5.69 Å². The Bertz CT molecular complexity index is 433. The van der Waals surface area contributed by atoms with Crippen LogP contribution in [0.5, 0.6) is 0 Å². The van der Waals surface area contributed by atoms with Gasteiger partial charge in [0.15, 0.2) is 0 Å². The van der Waals surface area contributed by atoms with Crippen LogP contribution in [0, 0.1) is 5.41 Å². The molecule has 1 aromatic carbocycles. The van der Waals surface area contributed by atoms with Crippen LogP contribution in [0.1, 0.15) is 26.3 Å². The van der Waals surface area contributed by atoms with Crippen LogP contribution in [-0.2, 0) is 16.0 Å². The molecule has 0 aliphatic carbocycles. The molecule has 0 spiro atoms. The first-order valence-corrected chi connectivity index (χ1v) is 5.41. The summed E-state index contributed by atoms with van der Waals surface area (Å²) in [4.78, 5) is 22.3. The average Bonchev–Trinajstić information content (AvgIpc) is 2.15. The molecule has 1 rings (SSSR count). The Balaban J connectivity index is 2.79. The number of carbonyl (C=O) groups is 2. The Kier molecular flexibility index (Phi) is 3.89. The second-order valence-electron chi connectivity index (χ2n) is 4.98. The number of carboxylic acids is 1. The highest BCUT2D eigenvalue weighted by molar-refractivity contribution is 5.94. The smallest absolute Gasteiger partial charge is 0.307 e. The normalized spacial score (nSPS) is 11.0. The summed E-state index contributed by atoms with van der Waals surface area (Å²) in [5, 5.41) is 11.4. The molecule has 1 aromatic rings. The lowest BCUT2D eigenvalue weighted by atomic mass is 9.95. The van der Waals surface area contributed by atoms with E-state index in [0.717, 1.165) is 0 Å². The largest absolute Gasteiger partial charge is 0.481 e. The van der Waals surface area contributed by atoms with Crippen LogP contribution in [0.25, 0.3) is 0 Å². The lowest BCUT2D eigenvalue weighted by molar-refractivity contribution is -0.136. The van der Waals surface area contributed by atoms with Crippen molar-refractivity contribution in [2.45, 2.75) is 27.2 Å². The van der Waals surface area contributed by atoms with Gasteiger partial charge in [0.05, 0.1) is 6.42 Å². The van der Waals surface area contributed by atoms with Crippen molar-refractivity contribution in [1.29, 1.82) is 0 Å². The van der Waals surface area contributed by atoms with Crippen molar-refractivity contribution < 1.29 is 14.7 Å². The van der Waals surface area contributed by atoms with E-state index in [9.17, 15) is 9.59 Å². The van der Waals surface area contributed by atoms with Crippen LogP contribution in [-0.4, -0.2) is 17.0 Å². The van der Waals surface area contributed by atoms with E-state index in [1.54, 1.807) is 24.3 Å². The number of carboxylic acid groups (broad SMARTS) is 1. The summed E-state index contributed by atoms with van der Waals surface area (Å²) in [5.74, 6) is -0.978. The van der Waals surface area contributed by atoms with E-state index in [4.69, 9.17) is 5.11 Å². The lowest BCUT2D eigenvalue weighted by Crippen LogP contribution is -2.27. The average molecular weight is 235 g/mol. The number of hydrogen-bond acceptors (Lipinski definition) is 2. The Labute approximate surface area is 101 Å². The summed E-state index contributed by atoms with van der Waals surface area (Å²) in [6, 6.07) is 6.88. The summed E-state index contributed by atoms with van der Waals surface area (Å²) in [6.45, 7) is 5.47. The SMILES string of the molecule is CC(C)(C)C(=O)Nc1cccc(CC(=O)O)c1. The van der Waals surface area contributed by atoms with Crippen LogP contribution < -0.4 is 5.32 Å². The topological polar surface area (TPSA) is 66.4 Å². The molecular formula is C13H17NO3.